The van der Waals surface area contributed by atoms with Gasteiger partial charge in [-0.25, -0.2) is 0 Å². The quantitative estimate of drug-likeness (QED) is 0.620. The number of aryl methyl sites for hydroxylation is 1. The van der Waals surface area contributed by atoms with Crippen LogP contribution in [0.15, 0.2) is 59.8 Å². The molecule has 1 aromatic heterocycles. The summed E-state index contributed by atoms with van der Waals surface area (Å²) in [4.78, 5) is 12.5. The average molecular weight is 381 g/mol. The summed E-state index contributed by atoms with van der Waals surface area (Å²) in [7, 11) is 0. The van der Waals surface area contributed by atoms with Gasteiger partial charge in [-0.1, -0.05) is 59.8 Å². The second kappa shape index (κ2) is 8.86. The molecule has 1 heterocycles. The van der Waals surface area contributed by atoms with Crippen molar-refractivity contribution >= 4 is 23.4 Å². The number of benzene rings is 2. The molecule has 3 aromatic rings. The van der Waals surface area contributed by atoms with Crippen LogP contribution in [-0.2, 0) is 17.8 Å². The van der Waals surface area contributed by atoms with Gasteiger partial charge < -0.3 is 9.88 Å². The van der Waals surface area contributed by atoms with Gasteiger partial charge >= 0.3 is 0 Å². The van der Waals surface area contributed by atoms with Crippen molar-refractivity contribution < 1.29 is 4.79 Å². The number of carbonyl (C=O) groups excluding carboxylic acids is 1. The maximum absolute atomic E-state index is 12.5. The molecular weight excluding hydrogens is 356 g/mol. The highest BCUT2D eigenvalue weighted by atomic mass is 32.2. The maximum atomic E-state index is 12.5. The minimum Gasteiger partial charge on any atom is -0.325 e. The van der Waals surface area contributed by atoms with Gasteiger partial charge in [0.05, 0.1) is 5.25 Å². The van der Waals surface area contributed by atoms with Gasteiger partial charge in [0.15, 0.2) is 5.16 Å². The second-order valence-corrected chi connectivity index (χ2v) is 7.73. The predicted molar refractivity (Wildman–Crippen MR) is 110 cm³/mol. The van der Waals surface area contributed by atoms with Crippen LogP contribution in [0.4, 0.5) is 5.69 Å². The third-order valence-electron chi connectivity index (χ3n) is 4.29. The summed E-state index contributed by atoms with van der Waals surface area (Å²) in [6.07, 6.45) is 0.728. The number of thioether (sulfide) groups is 1. The fourth-order valence-corrected chi connectivity index (χ4v) is 3.66. The van der Waals surface area contributed by atoms with Crippen molar-refractivity contribution in [3.8, 4) is 0 Å². The van der Waals surface area contributed by atoms with Gasteiger partial charge in [0.1, 0.15) is 5.82 Å². The van der Waals surface area contributed by atoms with E-state index in [-0.39, 0.29) is 11.2 Å². The highest BCUT2D eigenvalue weighted by molar-refractivity contribution is 8.00. The number of nitrogens with zero attached hydrogens (tertiary/aromatic N) is 3. The lowest BCUT2D eigenvalue weighted by molar-refractivity contribution is -0.115. The van der Waals surface area contributed by atoms with Crippen LogP contribution in [-0.4, -0.2) is 25.9 Å². The van der Waals surface area contributed by atoms with Crippen molar-refractivity contribution in [2.45, 2.75) is 44.1 Å². The van der Waals surface area contributed by atoms with Crippen molar-refractivity contribution in [2.24, 2.45) is 0 Å². The predicted octanol–water partition coefficient (Wildman–Crippen LogP) is 4.32. The van der Waals surface area contributed by atoms with Crippen LogP contribution in [0.5, 0.6) is 0 Å². The summed E-state index contributed by atoms with van der Waals surface area (Å²) in [5, 5.41) is 12.1. The molecule has 0 spiro atoms. The maximum Gasteiger partial charge on any atom is 0.237 e. The number of rotatable bonds is 7. The zero-order chi connectivity index (χ0) is 19.2. The molecule has 6 heteroatoms. The van der Waals surface area contributed by atoms with E-state index in [0.717, 1.165) is 35.2 Å². The Bertz CT molecular complexity index is 890. The number of aromatic nitrogens is 3. The Morgan fingerprint density at radius 1 is 1.11 bits per heavy atom. The Hall–Kier alpha value is -2.60. The average Bonchev–Trinajstić information content (AvgIpc) is 3.05. The van der Waals surface area contributed by atoms with Crippen LogP contribution in [0, 0.1) is 6.92 Å². The number of amides is 1. The first-order valence-electron chi connectivity index (χ1n) is 9.07. The smallest absolute Gasteiger partial charge is 0.237 e. The van der Waals surface area contributed by atoms with Crippen LogP contribution in [0.1, 0.15) is 30.8 Å². The zero-order valence-corrected chi connectivity index (χ0v) is 16.7. The van der Waals surface area contributed by atoms with Crippen LogP contribution in [0.2, 0.25) is 0 Å². The molecule has 0 aliphatic rings. The van der Waals surface area contributed by atoms with Gasteiger partial charge in [0.2, 0.25) is 5.91 Å². The standard InChI is InChI=1S/C21H24N4OS/c1-4-25-19(14-17-8-6-5-7-9-17)23-24-21(25)27-16(3)20(26)22-18-12-10-15(2)11-13-18/h5-13,16H,4,14H2,1-3H3,(H,22,26)/t16-/m0/s1. The van der Waals surface area contributed by atoms with Crippen molar-refractivity contribution in [3.63, 3.8) is 0 Å². The summed E-state index contributed by atoms with van der Waals surface area (Å²) in [6.45, 7) is 6.75. The second-order valence-electron chi connectivity index (χ2n) is 6.42. The summed E-state index contributed by atoms with van der Waals surface area (Å²) >= 11 is 1.43. The molecule has 140 valence electrons. The summed E-state index contributed by atoms with van der Waals surface area (Å²) in [5.74, 6) is 0.872. The largest absolute Gasteiger partial charge is 0.325 e. The summed E-state index contributed by atoms with van der Waals surface area (Å²) < 4.78 is 2.08. The number of hydrogen-bond acceptors (Lipinski definition) is 4. The molecule has 0 saturated carbocycles. The van der Waals surface area contributed by atoms with E-state index < -0.39 is 0 Å². The van der Waals surface area contributed by atoms with Gasteiger partial charge in [-0.2, -0.15) is 0 Å². The van der Waals surface area contributed by atoms with Crippen molar-refractivity contribution in [3.05, 3.63) is 71.5 Å². The number of hydrogen-bond donors (Lipinski definition) is 1. The molecule has 0 saturated heterocycles. The first kappa shape index (κ1) is 19.2. The van der Waals surface area contributed by atoms with E-state index >= 15 is 0 Å². The molecule has 27 heavy (non-hydrogen) atoms. The Morgan fingerprint density at radius 2 is 1.81 bits per heavy atom. The fourth-order valence-electron chi connectivity index (χ4n) is 2.73. The highest BCUT2D eigenvalue weighted by Gasteiger charge is 2.20. The molecule has 0 aliphatic carbocycles. The molecule has 0 fully saturated rings. The lowest BCUT2D eigenvalue weighted by Crippen LogP contribution is -2.23. The van der Waals surface area contributed by atoms with E-state index in [1.54, 1.807) is 0 Å². The zero-order valence-electron chi connectivity index (χ0n) is 15.8. The SMILES string of the molecule is CCn1c(Cc2ccccc2)nnc1S[C@@H](C)C(=O)Nc1ccc(C)cc1. The topological polar surface area (TPSA) is 59.8 Å². The highest BCUT2D eigenvalue weighted by Crippen LogP contribution is 2.24. The van der Waals surface area contributed by atoms with Crippen LogP contribution in [0.3, 0.4) is 0 Å². The van der Waals surface area contributed by atoms with E-state index in [9.17, 15) is 4.79 Å². The summed E-state index contributed by atoms with van der Waals surface area (Å²) in [5.41, 5.74) is 3.17. The molecule has 5 nitrogen and oxygen atoms in total. The Balaban J connectivity index is 1.67. The lowest BCUT2D eigenvalue weighted by Gasteiger charge is -2.13. The van der Waals surface area contributed by atoms with E-state index in [2.05, 4.69) is 39.1 Å². The molecular formula is C21H24N4OS. The van der Waals surface area contributed by atoms with Gasteiger partial charge in [0.25, 0.3) is 0 Å². The minimum atomic E-state index is -0.273. The molecule has 3 rings (SSSR count). The molecule has 1 atom stereocenters. The summed E-state index contributed by atoms with van der Waals surface area (Å²) in [6, 6.07) is 18.0. The molecule has 1 amide bonds. The van der Waals surface area contributed by atoms with Gasteiger partial charge in [-0.05, 0) is 38.5 Å². The van der Waals surface area contributed by atoms with Crippen LogP contribution >= 0.6 is 11.8 Å². The van der Waals surface area contributed by atoms with E-state index in [0.29, 0.717) is 0 Å². The monoisotopic (exact) mass is 380 g/mol. The van der Waals surface area contributed by atoms with Gasteiger partial charge in [-0.3, -0.25) is 4.79 Å². The molecule has 0 radical (unpaired) electrons. The fraction of sp³-hybridized carbons (Fsp3) is 0.286. The molecule has 0 aliphatic heterocycles. The number of anilines is 1. The van der Waals surface area contributed by atoms with Crippen molar-refractivity contribution in [2.75, 3.05) is 5.32 Å². The van der Waals surface area contributed by atoms with Gasteiger partial charge in [0, 0.05) is 18.7 Å². The van der Waals surface area contributed by atoms with Gasteiger partial charge in [-0.15, -0.1) is 10.2 Å². The molecule has 0 bridgehead atoms. The Morgan fingerprint density at radius 3 is 2.48 bits per heavy atom. The lowest BCUT2D eigenvalue weighted by atomic mass is 10.1. The van der Waals surface area contributed by atoms with Crippen LogP contribution in [0.25, 0.3) is 0 Å². The van der Waals surface area contributed by atoms with Crippen LogP contribution < -0.4 is 5.32 Å². The normalized spacial score (nSPS) is 12.0. The van der Waals surface area contributed by atoms with E-state index in [1.165, 1.54) is 17.3 Å². The van der Waals surface area contributed by atoms with Crippen molar-refractivity contribution in [1.82, 2.24) is 14.8 Å². The van der Waals surface area contributed by atoms with E-state index in [4.69, 9.17) is 0 Å². The first-order chi connectivity index (χ1) is 13.1. The number of carbonyl (C=O) groups is 1. The third kappa shape index (κ3) is 4.98. The molecule has 1 N–H and O–H groups in total. The first-order valence-corrected chi connectivity index (χ1v) is 9.95. The third-order valence-corrected chi connectivity index (χ3v) is 5.37. The van der Waals surface area contributed by atoms with Crippen molar-refractivity contribution in [1.29, 1.82) is 0 Å². The Kier molecular flexibility index (Phi) is 6.29. The molecule has 2 aromatic carbocycles. The minimum absolute atomic E-state index is 0.0425. The number of nitrogens with one attached hydrogen (secondary N) is 1. The Labute approximate surface area is 164 Å². The van der Waals surface area contributed by atoms with E-state index in [1.807, 2.05) is 56.3 Å². The molecule has 0 unspecified atom stereocenters.